The van der Waals surface area contributed by atoms with E-state index in [1.54, 1.807) is 0 Å². The maximum Gasteiger partial charge on any atom is 0.127 e. The standard InChI is InChI=1S/C19H21NO/c1-4-15(2)21-19-12-8-11-18(13-19)16(3)20-14-17-9-6-5-7-10-17/h4-13H,14H2,1-3H3/b15-4+,20-16?. The second-order valence-electron chi connectivity index (χ2n) is 4.92. The molecule has 0 unspecified atom stereocenters. The molecule has 2 nitrogen and oxygen atoms in total. The number of rotatable bonds is 5. The van der Waals surface area contributed by atoms with Crippen LogP contribution in [0.5, 0.6) is 5.75 Å². The van der Waals surface area contributed by atoms with Gasteiger partial charge in [0.05, 0.1) is 12.3 Å². The zero-order chi connectivity index (χ0) is 15.1. The number of hydrogen-bond donors (Lipinski definition) is 0. The molecule has 0 aromatic heterocycles. The van der Waals surface area contributed by atoms with Crippen molar-refractivity contribution < 1.29 is 4.74 Å². The van der Waals surface area contributed by atoms with E-state index in [1.165, 1.54) is 5.56 Å². The highest BCUT2D eigenvalue weighted by Gasteiger charge is 2.01. The Labute approximate surface area is 126 Å². The third-order valence-corrected chi connectivity index (χ3v) is 3.28. The molecular weight excluding hydrogens is 258 g/mol. The van der Waals surface area contributed by atoms with E-state index in [9.17, 15) is 0 Å². The molecule has 21 heavy (non-hydrogen) atoms. The summed E-state index contributed by atoms with van der Waals surface area (Å²) < 4.78 is 5.72. The predicted octanol–water partition coefficient (Wildman–Crippen LogP) is 5.00. The normalized spacial score (nSPS) is 12.3. The molecule has 2 aromatic carbocycles. The second-order valence-corrected chi connectivity index (χ2v) is 4.92. The van der Waals surface area contributed by atoms with Gasteiger partial charge in [0.2, 0.25) is 0 Å². The fraction of sp³-hybridized carbons (Fsp3) is 0.211. The molecule has 0 bridgehead atoms. The SMILES string of the molecule is C/C=C(\C)Oc1cccc(C(C)=NCc2ccccc2)c1. The van der Waals surface area contributed by atoms with E-state index in [-0.39, 0.29) is 0 Å². The number of benzene rings is 2. The minimum atomic E-state index is 0.700. The zero-order valence-corrected chi connectivity index (χ0v) is 12.8. The monoisotopic (exact) mass is 279 g/mol. The van der Waals surface area contributed by atoms with Crippen LogP contribution in [0.15, 0.2) is 71.4 Å². The van der Waals surface area contributed by atoms with Crippen LogP contribution in [0, 0.1) is 0 Å². The van der Waals surface area contributed by atoms with Crippen molar-refractivity contribution in [2.75, 3.05) is 0 Å². The van der Waals surface area contributed by atoms with Crippen LogP contribution in [-0.4, -0.2) is 5.71 Å². The fourth-order valence-corrected chi connectivity index (χ4v) is 1.91. The highest BCUT2D eigenvalue weighted by atomic mass is 16.5. The highest BCUT2D eigenvalue weighted by Crippen LogP contribution is 2.17. The van der Waals surface area contributed by atoms with E-state index in [1.807, 2.05) is 63.2 Å². The van der Waals surface area contributed by atoms with Crippen molar-refractivity contribution in [3.8, 4) is 5.75 Å². The highest BCUT2D eigenvalue weighted by molar-refractivity contribution is 5.99. The van der Waals surface area contributed by atoms with E-state index >= 15 is 0 Å². The third-order valence-electron chi connectivity index (χ3n) is 3.28. The van der Waals surface area contributed by atoms with Crippen LogP contribution in [0.25, 0.3) is 0 Å². The summed E-state index contributed by atoms with van der Waals surface area (Å²) in [6.45, 7) is 6.64. The lowest BCUT2D eigenvalue weighted by Crippen LogP contribution is -1.97. The molecule has 2 rings (SSSR count). The van der Waals surface area contributed by atoms with E-state index in [2.05, 4.69) is 23.2 Å². The Kier molecular flexibility index (Phi) is 5.33. The summed E-state index contributed by atoms with van der Waals surface area (Å²) in [7, 11) is 0. The van der Waals surface area contributed by atoms with E-state index in [4.69, 9.17) is 4.74 Å². The molecule has 0 saturated heterocycles. The van der Waals surface area contributed by atoms with Crippen LogP contribution in [0.4, 0.5) is 0 Å². The minimum absolute atomic E-state index is 0.700. The third kappa shape index (κ3) is 4.60. The number of hydrogen-bond acceptors (Lipinski definition) is 2. The van der Waals surface area contributed by atoms with Gasteiger partial charge in [-0.15, -0.1) is 0 Å². The van der Waals surface area contributed by atoms with Gasteiger partial charge in [0.25, 0.3) is 0 Å². The van der Waals surface area contributed by atoms with Crippen molar-refractivity contribution in [3.05, 3.63) is 77.6 Å². The van der Waals surface area contributed by atoms with Crippen molar-refractivity contribution in [1.82, 2.24) is 0 Å². The average Bonchev–Trinajstić information content (AvgIpc) is 2.53. The van der Waals surface area contributed by atoms with Crippen LogP contribution in [0.1, 0.15) is 31.9 Å². The Morgan fingerprint density at radius 3 is 2.52 bits per heavy atom. The molecule has 2 aromatic rings. The summed E-state index contributed by atoms with van der Waals surface area (Å²) >= 11 is 0. The first kappa shape index (κ1) is 15.0. The zero-order valence-electron chi connectivity index (χ0n) is 12.8. The van der Waals surface area contributed by atoms with Crippen molar-refractivity contribution in [3.63, 3.8) is 0 Å². The molecule has 0 heterocycles. The topological polar surface area (TPSA) is 21.6 Å². The van der Waals surface area contributed by atoms with Gasteiger partial charge in [0.15, 0.2) is 0 Å². The lowest BCUT2D eigenvalue weighted by atomic mass is 10.1. The van der Waals surface area contributed by atoms with Crippen LogP contribution in [0.2, 0.25) is 0 Å². The molecule has 0 aliphatic rings. The summed E-state index contributed by atoms with van der Waals surface area (Å²) in [5.41, 5.74) is 3.32. The van der Waals surface area contributed by atoms with Gasteiger partial charge in [-0.05, 0) is 50.1 Å². The average molecular weight is 279 g/mol. The summed E-state index contributed by atoms with van der Waals surface area (Å²) in [6, 6.07) is 18.3. The molecule has 0 fully saturated rings. The van der Waals surface area contributed by atoms with Gasteiger partial charge >= 0.3 is 0 Å². The Morgan fingerprint density at radius 2 is 1.81 bits per heavy atom. The van der Waals surface area contributed by atoms with E-state index < -0.39 is 0 Å². The largest absolute Gasteiger partial charge is 0.462 e. The van der Waals surface area contributed by atoms with E-state index in [0.717, 1.165) is 22.8 Å². The lowest BCUT2D eigenvalue weighted by Gasteiger charge is -2.08. The predicted molar refractivity (Wildman–Crippen MR) is 88.9 cm³/mol. The van der Waals surface area contributed by atoms with Crippen molar-refractivity contribution >= 4 is 5.71 Å². The Morgan fingerprint density at radius 1 is 1.05 bits per heavy atom. The van der Waals surface area contributed by atoms with Gasteiger partial charge in [-0.3, -0.25) is 4.99 Å². The molecule has 0 aliphatic heterocycles. The summed E-state index contributed by atoms with van der Waals surface area (Å²) in [6.07, 6.45) is 1.95. The van der Waals surface area contributed by atoms with Crippen LogP contribution in [-0.2, 0) is 6.54 Å². The van der Waals surface area contributed by atoms with Crippen LogP contribution < -0.4 is 4.74 Å². The molecule has 0 N–H and O–H groups in total. The van der Waals surface area contributed by atoms with Gasteiger partial charge in [0, 0.05) is 5.71 Å². The van der Waals surface area contributed by atoms with Crippen molar-refractivity contribution in [2.45, 2.75) is 27.3 Å². The molecule has 0 radical (unpaired) electrons. The summed E-state index contributed by atoms with van der Waals surface area (Å²) in [5, 5.41) is 0. The Bertz CT molecular complexity index is 642. The molecule has 0 atom stereocenters. The minimum Gasteiger partial charge on any atom is -0.462 e. The first-order valence-electron chi connectivity index (χ1n) is 7.15. The number of nitrogens with zero attached hydrogens (tertiary/aromatic N) is 1. The van der Waals surface area contributed by atoms with Gasteiger partial charge < -0.3 is 4.74 Å². The van der Waals surface area contributed by atoms with Crippen LogP contribution >= 0.6 is 0 Å². The van der Waals surface area contributed by atoms with Gasteiger partial charge in [-0.1, -0.05) is 42.5 Å². The van der Waals surface area contributed by atoms with Crippen molar-refractivity contribution in [2.24, 2.45) is 4.99 Å². The Hall–Kier alpha value is -2.35. The molecule has 0 spiro atoms. The number of allylic oxidation sites excluding steroid dienone is 2. The first-order valence-corrected chi connectivity index (χ1v) is 7.15. The van der Waals surface area contributed by atoms with Crippen LogP contribution in [0.3, 0.4) is 0 Å². The maximum atomic E-state index is 5.72. The second kappa shape index (κ2) is 7.44. The maximum absolute atomic E-state index is 5.72. The Balaban J connectivity index is 2.11. The molecular formula is C19H21NO. The molecule has 0 aliphatic carbocycles. The fourth-order valence-electron chi connectivity index (χ4n) is 1.91. The lowest BCUT2D eigenvalue weighted by molar-refractivity contribution is 0.426. The smallest absolute Gasteiger partial charge is 0.127 e. The molecule has 108 valence electrons. The quantitative estimate of drug-likeness (QED) is 0.557. The summed E-state index contributed by atoms with van der Waals surface area (Å²) in [5.74, 6) is 1.74. The van der Waals surface area contributed by atoms with Gasteiger partial charge in [-0.2, -0.15) is 0 Å². The van der Waals surface area contributed by atoms with Crippen molar-refractivity contribution in [1.29, 1.82) is 0 Å². The number of ether oxygens (including phenoxy) is 1. The molecule has 0 amide bonds. The molecule has 2 heteroatoms. The summed E-state index contributed by atoms with van der Waals surface area (Å²) in [4.78, 5) is 4.65. The first-order chi connectivity index (χ1) is 10.2. The number of aliphatic imine (C=N–C) groups is 1. The molecule has 0 saturated carbocycles. The van der Waals surface area contributed by atoms with Gasteiger partial charge in [0.1, 0.15) is 5.75 Å². The van der Waals surface area contributed by atoms with Gasteiger partial charge in [-0.25, -0.2) is 0 Å². The van der Waals surface area contributed by atoms with E-state index in [0.29, 0.717) is 6.54 Å².